The van der Waals surface area contributed by atoms with Crippen molar-refractivity contribution >= 4 is 11.6 Å². The monoisotopic (exact) mass is 254 g/mol. The molecule has 0 spiro atoms. The van der Waals surface area contributed by atoms with Gasteiger partial charge in [-0.15, -0.1) is 0 Å². The van der Waals surface area contributed by atoms with E-state index in [1.165, 1.54) is 12.1 Å². The van der Waals surface area contributed by atoms with Crippen molar-refractivity contribution in [2.45, 2.75) is 19.4 Å². The van der Waals surface area contributed by atoms with Crippen molar-refractivity contribution in [1.82, 2.24) is 0 Å². The van der Waals surface area contributed by atoms with Crippen LogP contribution in [0, 0.1) is 5.82 Å². The molecule has 1 unspecified atom stereocenters. The highest BCUT2D eigenvalue weighted by atomic mass is 19.1. The van der Waals surface area contributed by atoms with Crippen LogP contribution in [0.2, 0.25) is 0 Å². The molecule has 0 bridgehead atoms. The van der Waals surface area contributed by atoms with E-state index in [0.717, 1.165) is 0 Å². The minimum atomic E-state index is -0.602. The summed E-state index contributed by atoms with van der Waals surface area (Å²) in [4.78, 5) is 13.7. The third-order valence-corrected chi connectivity index (χ3v) is 2.67. The predicted molar refractivity (Wildman–Crippen MR) is 68.9 cm³/mol. The molecule has 1 atom stereocenters. The zero-order chi connectivity index (χ0) is 13.5. The summed E-state index contributed by atoms with van der Waals surface area (Å²) in [5.41, 5.74) is 6.45. The van der Waals surface area contributed by atoms with E-state index in [2.05, 4.69) is 0 Å². The molecule has 1 aromatic rings. The molecule has 0 heterocycles. The van der Waals surface area contributed by atoms with Crippen LogP contribution in [0.25, 0.3) is 0 Å². The van der Waals surface area contributed by atoms with Gasteiger partial charge in [0.15, 0.2) is 0 Å². The third kappa shape index (κ3) is 3.78. The normalized spacial score (nSPS) is 12.2. The number of benzene rings is 1. The topological polar surface area (TPSA) is 55.6 Å². The highest BCUT2D eigenvalue weighted by Crippen LogP contribution is 2.16. The first-order valence-corrected chi connectivity index (χ1v) is 5.91. The van der Waals surface area contributed by atoms with Crippen LogP contribution >= 0.6 is 0 Å². The summed E-state index contributed by atoms with van der Waals surface area (Å²) in [6.45, 7) is 2.78. The summed E-state index contributed by atoms with van der Waals surface area (Å²) < 4.78 is 17.7. The quantitative estimate of drug-likeness (QED) is 0.837. The number of amides is 1. The van der Waals surface area contributed by atoms with Gasteiger partial charge in [0.2, 0.25) is 5.91 Å². The Labute approximate surface area is 107 Å². The van der Waals surface area contributed by atoms with E-state index in [4.69, 9.17) is 10.5 Å². The first-order valence-electron chi connectivity index (χ1n) is 5.91. The van der Waals surface area contributed by atoms with Crippen LogP contribution < -0.4 is 10.6 Å². The van der Waals surface area contributed by atoms with Crippen LogP contribution in [0.3, 0.4) is 0 Å². The molecule has 5 heteroatoms. The van der Waals surface area contributed by atoms with Crippen LogP contribution in [0.4, 0.5) is 10.1 Å². The lowest BCUT2D eigenvalue weighted by Crippen LogP contribution is -2.44. The number of methoxy groups -OCH3 is 1. The lowest BCUT2D eigenvalue weighted by atomic mass is 10.2. The maximum absolute atomic E-state index is 12.8. The smallest absolute Gasteiger partial charge is 0.243 e. The number of ether oxygens (including phenoxy) is 1. The maximum Gasteiger partial charge on any atom is 0.243 e. The number of rotatable bonds is 6. The Morgan fingerprint density at radius 2 is 2.06 bits per heavy atom. The number of likely N-dealkylation sites (N-methyl/N-ethyl adjacent to an activating group) is 1. The molecule has 0 aliphatic heterocycles. The average molecular weight is 254 g/mol. The van der Waals surface area contributed by atoms with Crippen molar-refractivity contribution in [2.24, 2.45) is 5.73 Å². The molecule has 0 aromatic heterocycles. The highest BCUT2D eigenvalue weighted by Gasteiger charge is 2.20. The van der Waals surface area contributed by atoms with Crippen LogP contribution in [0.5, 0.6) is 0 Å². The molecule has 0 fully saturated rings. The average Bonchev–Trinajstić information content (AvgIpc) is 2.38. The number of nitrogens with zero attached hydrogens (tertiary/aromatic N) is 1. The van der Waals surface area contributed by atoms with Crippen LogP contribution in [-0.2, 0) is 9.53 Å². The van der Waals surface area contributed by atoms with Gasteiger partial charge in [0, 0.05) is 25.9 Å². The molecule has 100 valence electrons. The number of halogens is 1. The highest BCUT2D eigenvalue weighted by molar-refractivity contribution is 5.96. The summed E-state index contributed by atoms with van der Waals surface area (Å²) in [6.07, 6.45) is 0.465. The second-order valence-electron chi connectivity index (χ2n) is 3.95. The Hall–Kier alpha value is -1.46. The van der Waals surface area contributed by atoms with Gasteiger partial charge < -0.3 is 15.4 Å². The number of carbonyl (C=O) groups excluding carboxylic acids is 1. The van der Waals surface area contributed by atoms with Gasteiger partial charge in [-0.3, -0.25) is 4.79 Å². The lowest BCUT2D eigenvalue weighted by Gasteiger charge is -2.24. The predicted octanol–water partition coefficient (Wildman–Crippen LogP) is 1.54. The van der Waals surface area contributed by atoms with Gasteiger partial charge in [-0.25, -0.2) is 4.39 Å². The molecule has 2 N–H and O–H groups in total. The molecule has 0 saturated carbocycles. The van der Waals surface area contributed by atoms with Gasteiger partial charge in [-0.1, -0.05) is 0 Å². The minimum Gasteiger partial charge on any atom is -0.385 e. The number of hydrogen-bond donors (Lipinski definition) is 1. The molecule has 0 aliphatic rings. The molecule has 0 radical (unpaired) electrons. The number of carbonyl (C=O) groups is 1. The van der Waals surface area contributed by atoms with Crippen LogP contribution in [0.1, 0.15) is 13.3 Å². The summed E-state index contributed by atoms with van der Waals surface area (Å²) in [6, 6.07) is 5.19. The van der Waals surface area contributed by atoms with Crippen molar-refractivity contribution in [2.75, 3.05) is 25.2 Å². The van der Waals surface area contributed by atoms with Gasteiger partial charge in [-0.2, -0.15) is 0 Å². The summed E-state index contributed by atoms with van der Waals surface area (Å²) in [7, 11) is 1.56. The van der Waals surface area contributed by atoms with E-state index in [1.807, 2.05) is 6.92 Å². The van der Waals surface area contributed by atoms with E-state index in [0.29, 0.717) is 25.3 Å². The van der Waals surface area contributed by atoms with Crippen LogP contribution in [0.15, 0.2) is 24.3 Å². The molecule has 1 amide bonds. The Bertz CT molecular complexity index is 381. The van der Waals surface area contributed by atoms with Gasteiger partial charge in [0.05, 0.1) is 6.04 Å². The van der Waals surface area contributed by atoms with Gasteiger partial charge in [0.1, 0.15) is 5.82 Å². The molecule has 18 heavy (non-hydrogen) atoms. The van der Waals surface area contributed by atoms with Crippen molar-refractivity contribution in [3.05, 3.63) is 30.1 Å². The van der Waals surface area contributed by atoms with Crippen molar-refractivity contribution in [3.8, 4) is 0 Å². The number of anilines is 1. The summed E-state index contributed by atoms with van der Waals surface area (Å²) in [5, 5.41) is 0. The number of hydrogen-bond acceptors (Lipinski definition) is 3. The molecule has 0 aliphatic carbocycles. The maximum atomic E-state index is 12.8. The summed E-state index contributed by atoms with van der Waals surface area (Å²) in [5.74, 6) is -0.507. The second kappa shape index (κ2) is 7.08. The zero-order valence-corrected chi connectivity index (χ0v) is 10.7. The molecule has 1 aromatic carbocycles. The van der Waals surface area contributed by atoms with E-state index in [1.54, 1.807) is 24.1 Å². The fourth-order valence-electron chi connectivity index (χ4n) is 1.66. The molecular formula is C13H19FN2O2. The van der Waals surface area contributed by atoms with E-state index >= 15 is 0 Å². The molecule has 0 saturated heterocycles. The Balaban J connectivity index is 2.76. The summed E-state index contributed by atoms with van der Waals surface area (Å²) >= 11 is 0. The SMILES string of the molecule is CCN(C(=O)C(N)CCOC)c1ccc(F)cc1. The minimum absolute atomic E-state index is 0.179. The van der Waals surface area contributed by atoms with E-state index in [9.17, 15) is 9.18 Å². The van der Waals surface area contributed by atoms with E-state index < -0.39 is 6.04 Å². The Morgan fingerprint density at radius 1 is 1.44 bits per heavy atom. The fraction of sp³-hybridized carbons (Fsp3) is 0.462. The number of nitrogens with two attached hydrogens (primary N) is 1. The van der Waals surface area contributed by atoms with Crippen molar-refractivity contribution in [3.63, 3.8) is 0 Å². The van der Waals surface area contributed by atoms with Gasteiger partial charge in [0.25, 0.3) is 0 Å². The van der Waals surface area contributed by atoms with Crippen molar-refractivity contribution in [1.29, 1.82) is 0 Å². The Morgan fingerprint density at radius 3 is 2.56 bits per heavy atom. The molecule has 1 rings (SSSR count). The lowest BCUT2D eigenvalue weighted by molar-refractivity contribution is -0.120. The first kappa shape index (κ1) is 14.6. The van der Waals surface area contributed by atoms with Gasteiger partial charge in [-0.05, 0) is 37.6 Å². The second-order valence-corrected chi connectivity index (χ2v) is 3.95. The largest absolute Gasteiger partial charge is 0.385 e. The van der Waals surface area contributed by atoms with Gasteiger partial charge >= 0.3 is 0 Å². The third-order valence-electron chi connectivity index (χ3n) is 2.67. The molecule has 4 nitrogen and oxygen atoms in total. The standard InChI is InChI=1S/C13H19FN2O2/c1-3-16(11-6-4-10(14)5-7-11)13(17)12(15)8-9-18-2/h4-7,12H,3,8-9,15H2,1-2H3. The van der Waals surface area contributed by atoms with Crippen LogP contribution in [-0.4, -0.2) is 32.2 Å². The first-order chi connectivity index (χ1) is 8.60. The van der Waals surface area contributed by atoms with Crippen molar-refractivity contribution < 1.29 is 13.9 Å². The molecular weight excluding hydrogens is 235 g/mol. The Kier molecular flexibility index (Phi) is 5.74. The van der Waals surface area contributed by atoms with E-state index in [-0.39, 0.29) is 11.7 Å². The zero-order valence-electron chi connectivity index (χ0n) is 10.7. The fourth-order valence-corrected chi connectivity index (χ4v) is 1.66.